The summed E-state index contributed by atoms with van der Waals surface area (Å²) in [5, 5.41) is 10.1. The Balaban J connectivity index is 2.01. The summed E-state index contributed by atoms with van der Waals surface area (Å²) >= 11 is 6.68. The van der Waals surface area contributed by atoms with Crippen molar-refractivity contribution in [3.05, 3.63) is 10.1 Å². The first-order valence-corrected chi connectivity index (χ1v) is 6.56. The monoisotopic (exact) mass is 259 g/mol. The fourth-order valence-electron chi connectivity index (χ4n) is 5.70. The smallest absolute Gasteiger partial charge is 0.295 e. The maximum absolute atomic E-state index is 10.7. The van der Waals surface area contributed by atoms with E-state index in [2.05, 4.69) is 13.8 Å². The maximum atomic E-state index is 10.7. The van der Waals surface area contributed by atoms with Crippen LogP contribution in [0.3, 0.4) is 0 Å². The highest BCUT2D eigenvalue weighted by Gasteiger charge is 2.66. The molecular formula is C12H18ClNO3. The summed E-state index contributed by atoms with van der Waals surface area (Å²) in [4.78, 5) is 15.5. The van der Waals surface area contributed by atoms with Gasteiger partial charge in [0.15, 0.2) is 0 Å². The molecule has 4 fully saturated rings. The molecule has 2 atom stereocenters. The van der Waals surface area contributed by atoms with Crippen LogP contribution in [-0.2, 0) is 4.84 Å². The molecule has 5 heteroatoms. The van der Waals surface area contributed by atoms with E-state index in [0.29, 0.717) is 6.42 Å². The van der Waals surface area contributed by atoms with Gasteiger partial charge in [0.05, 0.1) is 0 Å². The van der Waals surface area contributed by atoms with Gasteiger partial charge in [-0.25, -0.2) is 0 Å². The van der Waals surface area contributed by atoms with Gasteiger partial charge in [0.1, 0.15) is 5.60 Å². The molecule has 0 radical (unpaired) electrons. The number of hydrogen-bond donors (Lipinski definition) is 0. The molecule has 0 aromatic heterocycles. The molecule has 0 amide bonds. The molecule has 4 bridgehead atoms. The minimum atomic E-state index is -0.625. The van der Waals surface area contributed by atoms with E-state index in [1.165, 1.54) is 0 Å². The number of halogens is 1. The maximum Gasteiger partial charge on any atom is 0.295 e. The zero-order chi connectivity index (χ0) is 12.5. The summed E-state index contributed by atoms with van der Waals surface area (Å²) in [5.74, 6) is 0. The van der Waals surface area contributed by atoms with Crippen LogP contribution in [-0.4, -0.2) is 15.6 Å². The van der Waals surface area contributed by atoms with Gasteiger partial charge in [-0.3, -0.25) is 0 Å². The summed E-state index contributed by atoms with van der Waals surface area (Å²) in [6.07, 6.45) is 5.26. The van der Waals surface area contributed by atoms with Gasteiger partial charge >= 0.3 is 0 Å². The van der Waals surface area contributed by atoms with Crippen molar-refractivity contribution < 1.29 is 9.92 Å². The molecule has 4 nitrogen and oxygen atoms in total. The summed E-state index contributed by atoms with van der Waals surface area (Å²) in [7, 11) is 0. The first-order chi connectivity index (χ1) is 7.66. The van der Waals surface area contributed by atoms with E-state index in [9.17, 15) is 10.1 Å². The van der Waals surface area contributed by atoms with Crippen molar-refractivity contribution in [3.8, 4) is 0 Å². The zero-order valence-electron chi connectivity index (χ0n) is 10.3. The topological polar surface area (TPSA) is 52.4 Å². The fourth-order valence-corrected chi connectivity index (χ4v) is 6.59. The highest BCUT2D eigenvalue weighted by molar-refractivity contribution is 6.24. The Morgan fingerprint density at radius 3 is 2.00 bits per heavy atom. The van der Waals surface area contributed by atoms with Crippen LogP contribution in [0.25, 0.3) is 0 Å². The molecule has 0 heterocycles. The summed E-state index contributed by atoms with van der Waals surface area (Å²) < 4.78 is 0. The first-order valence-electron chi connectivity index (χ1n) is 6.18. The SMILES string of the molecule is CC12CC3(C)CC(Cl)(C1)CC(O[N+](=O)[O-])(C2)C3. The fraction of sp³-hybridized carbons (Fsp3) is 1.00. The third-order valence-electron chi connectivity index (χ3n) is 4.75. The largest absolute Gasteiger partial charge is 0.307 e. The Kier molecular flexibility index (Phi) is 1.97. The molecule has 4 aliphatic carbocycles. The van der Waals surface area contributed by atoms with E-state index in [1.54, 1.807) is 0 Å². The van der Waals surface area contributed by atoms with E-state index in [4.69, 9.17) is 16.4 Å². The number of nitrogens with zero attached hydrogens (tertiary/aromatic N) is 1. The molecule has 0 spiro atoms. The predicted molar refractivity (Wildman–Crippen MR) is 63.3 cm³/mol. The van der Waals surface area contributed by atoms with Gasteiger partial charge in [-0.15, -0.1) is 21.7 Å². The van der Waals surface area contributed by atoms with Gasteiger partial charge < -0.3 is 4.84 Å². The molecule has 4 saturated carbocycles. The van der Waals surface area contributed by atoms with Crippen molar-refractivity contribution in [3.63, 3.8) is 0 Å². The van der Waals surface area contributed by atoms with Crippen LogP contribution in [0.1, 0.15) is 52.4 Å². The Morgan fingerprint density at radius 1 is 1.06 bits per heavy atom. The second-order valence-corrected chi connectivity index (χ2v) is 8.13. The molecule has 17 heavy (non-hydrogen) atoms. The van der Waals surface area contributed by atoms with Gasteiger partial charge in [-0.05, 0) is 49.4 Å². The van der Waals surface area contributed by atoms with Gasteiger partial charge in [0, 0.05) is 4.87 Å². The lowest BCUT2D eigenvalue weighted by Gasteiger charge is -2.66. The Labute approximate surface area is 106 Å². The van der Waals surface area contributed by atoms with Crippen LogP contribution in [0.15, 0.2) is 0 Å². The predicted octanol–water partition coefficient (Wildman–Crippen LogP) is 3.31. The average Bonchev–Trinajstić information content (AvgIpc) is 1.87. The molecule has 0 aliphatic heterocycles. The minimum absolute atomic E-state index is 0.112. The van der Waals surface area contributed by atoms with E-state index >= 15 is 0 Å². The molecule has 0 saturated heterocycles. The number of rotatable bonds is 2. The van der Waals surface area contributed by atoms with Crippen molar-refractivity contribution in [1.29, 1.82) is 0 Å². The molecular weight excluding hydrogens is 242 g/mol. The van der Waals surface area contributed by atoms with E-state index in [1.807, 2.05) is 0 Å². The van der Waals surface area contributed by atoms with Crippen LogP contribution >= 0.6 is 11.6 Å². The van der Waals surface area contributed by atoms with Crippen molar-refractivity contribution >= 4 is 11.6 Å². The minimum Gasteiger partial charge on any atom is -0.307 e. The van der Waals surface area contributed by atoms with Gasteiger partial charge in [-0.2, -0.15) is 0 Å². The van der Waals surface area contributed by atoms with E-state index in [0.717, 1.165) is 32.1 Å². The lowest BCUT2D eigenvalue weighted by atomic mass is 9.43. The zero-order valence-corrected chi connectivity index (χ0v) is 11.0. The third-order valence-corrected chi connectivity index (χ3v) is 5.15. The molecule has 4 aliphatic rings. The van der Waals surface area contributed by atoms with Crippen molar-refractivity contribution in [2.24, 2.45) is 10.8 Å². The second kappa shape index (κ2) is 2.90. The van der Waals surface area contributed by atoms with Crippen LogP contribution in [0.5, 0.6) is 0 Å². The van der Waals surface area contributed by atoms with Crippen LogP contribution in [0, 0.1) is 20.9 Å². The first kappa shape index (κ1) is 11.6. The molecule has 4 rings (SSSR count). The second-order valence-electron chi connectivity index (χ2n) is 7.33. The van der Waals surface area contributed by atoms with Gasteiger partial charge in [0.25, 0.3) is 5.09 Å². The van der Waals surface area contributed by atoms with Gasteiger partial charge in [-0.1, -0.05) is 13.8 Å². The van der Waals surface area contributed by atoms with Crippen LogP contribution in [0.2, 0.25) is 0 Å². The average molecular weight is 260 g/mol. The number of hydrogen-bond acceptors (Lipinski definition) is 3. The Morgan fingerprint density at radius 2 is 1.59 bits per heavy atom. The summed E-state index contributed by atoms with van der Waals surface area (Å²) in [6.45, 7) is 4.41. The Bertz CT molecular complexity index is 344. The molecule has 96 valence electrons. The normalized spacial score (nSPS) is 55.9. The Hall–Kier alpha value is -0.510. The van der Waals surface area contributed by atoms with Crippen molar-refractivity contribution in [1.82, 2.24) is 0 Å². The van der Waals surface area contributed by atoms with Crippen molar-refractivity contribution in [2.45, 2.75) is 62.8 Å². The highest BCUT2D eigenvalue weighted by Crippen LogP contribution is 2.70. The lowest BCUT2D eigenvalue weighted by Crippen LogP contribution is -2.64. The molecule has 0 aromatic carbocycles. The molecule has 0 aromatic rings. The number of alkyl halides is 1. The standard InChI is InChI=1S/C12H18ClNO3/c1-9-3-10(2)5-11(13,4-9)8-12(6-9,7-10)17-14(15)16/h3-8H2,1-2H3. The highest BCUT2D eigenvalue weighted by atomic mass is 35.5. The quantitative estimate of drug-likeness (QED) is 0.434. The van der Waals surface area contributed by atoms with E-state index < -0.39 is 10.7 Å². The summed E-state index contributed by atoms with van der Waals surface area (Å²) in [6, 6.07) is 0. The van der Waals surface area contributed by atoms with Crippen LogP contribution in [0.4, 0.5) is 0 Å². The lowest BCUT2D eigenvalue weighted by molar-refractivity contribution is -0.786. The summed E-state index contributed by atoms with van der Waals surface area (Å²) in [5.41, 5.74) is -0.397. The molecule has 2 unspecified atom stereocenters. The van der Waals surface area contributed by atoms with Crippen LogP contribution < -0.4 is 0 Å². The van der Waals surface area contributed by atoms with Crippen molar-refractivity contribution in [2.75, 3.05) is 0 Å². The molecule has 0 N–H and O–H groups in total. The van der Waals surface area contributed by atoms with E-state index in [-0.39, 0.29) is 15.7 Å². The third kappa shape index (κ3) is 1.72. The van der Waals surface area contributed by atoms with Gasteiger partial charge in [0.2, 0.25) is 0 Å².